The van der Waals surface area contributed by atoms with Crippen LogP contribution in [0.2, 0.25) is 0 Å². The quantitative estimate of drug-likeness (QED) is 0.794. The van der Waals surface area contributed by atoms with Gasteiger partial charge in [0.25, 0.3) is 0 Å². The second-order valence-corrected chi connectivity index (χ2v) is 5.00. The van der Waals surface area contributed by atoms with Gasteiger partial charge in [-0.25, -0.2) is 0 Å². The summed E-state index contributed by atoms with van der Waals surface area (Å²) >= 11 is 0. The second-order valence-electron chi connectivity index (χ2n) is 5.00. The summed E-state index contributed by atoms with van der Waals surface area (Å²) in [5.41, 5.74) is 1.95. The maximum absolute atomic E-state index is 8.82. The number of hydrogen-bond donors (Lipinski definition) is 2. The van der Waals surface area contributed by atoms with Gasteiger partial charge >= 0.3 is 0 Å². The summed E-state index contributed by atoms with van der Waals surface area (Å²) in [6.07, 6.45) is 1.10. The second kappa shape index (κ2) is 4.15. The van der Waals surface area contributed by atoms with Crippen LogP contribution in [0.3, 0.4) is 0 Å². The lowest BCUT2D eigenvalue weighted by atomic mass is 10.0. The summed E-state index contributed by atoms with van der Waals surface area (Å²) in [6, 6.07) is 10.2. The summed E-state index contributed by atoms with van der Waals surface area (Å²) in [5.74, 6) is 0. The molecule has 2 N–H and O–H groups in total. The average Bonchev–Trinajstić information content (AvgIpc) is 2.58. The van der Waals surface area contributed by atoms with Crippen molar-refractivity contribution in [3.8, 4) is 6.07 Å². The molecule has 16 heavy (non-hydrogen) atoms. The molecule has 0 aliphatic carbocycles. The largest absolute Gasteiger partial charge is 0.381 e. The van der Waals surface area contributed by atoms with Crippen LogP contribution in [0.25, 0.3) is 0 Å². The lowest BCUT2D eigenvalue weighted by Gasteiger charge is -2.18. The first kappa shape index (κ1) is 11.0. The standard InChI is InChI=1S/C13H17N3/c1-13(2)7-12(9-15-13)16-11-5-3-4-10(6-11)8-14/h3-6,12,15-16H,7,9H2,1-2H3. The minimum atomic E-state index is 0.213. The first-order valence-electron chi connectivity index (χ1n) is 5.61. The summed E-state index contributed by atoms with van der Waals surface area (Å²) in [4.78, 5) is 0. The highest BCUT2D eigenvalue weighted by atomic mass is 15.1. The molecule has 1 aromatic rings. The SMILES string of the molecule is CC1(C)CC(Nc2cccc(C#N)c2)CN1. The van der Waals surface area contributed by atoms with Crippen LogP contribution >= 0.6 is 0 Å². The summed E-state index contributed by atoms with van der Waals surface area (Å²) < 4.78 is 0. The first-order valence-corrected chi connectivity index (χ1v) is 5.61. The molecule has 1 unspecified atom stereocenters. The molecule has 2 rings (SSSR count). The van der Waals surface area contributed by atoms with Crippen LogP contribution in [0.15, 0.2) is 24.3 Å². The maximum Gasteiger partial charge on any atom is 0.0992 e. The highest BCUT2D eigenvalue weighted by Gasteiger charge is 2.29. The zero-order chi connectivity index (χ0) is 11.6. The van der Waals surface area contributed by atoms with Gasteiger partial charge in [-0.05, 0) is 38.5 Å². The summed E-state index contributed by atoms with van der Waals surface area (Å²) in [5, 5.41) is 15.7. The lowest BCUT2D eigenvalue weighted by Crippen LogP contribution is -2.31. The molecule has 1 aliphatic heterocycles. The summed E-state index contributed by atoms with van der Waals surface area (Å²) in [7, 11) is 0. The molecule has 0 amide bonds. The molecule has 1 fully saturated rings. The van der Waals surface area contributed by atoms with Gasteiger partial charge in [0.05, 0.1) is 11.6 Å². The monoisotopic (exact) mass is 215 g/mol. The average molecular weight is 215 g/mol. The smallest absolute Gasteiger partial charge is 0.0992 e. The van der Waals surface area contributed by atoms with Gasteiger partial charge in [-0.1, -0.05) is 6.07 Å². The van der Waals surface area contributed by atoms with Gasteiger partial charge in [0.15, 0.2) is 0 Å². The van der Waals surface area contributed by atoms with Crippen LogP contribution in [-0.4, -0.2) is 18.1 Å². The van der Waals surface area contributed by atoms with Crippen molar-refractivity contribution in [3.05, 3.63) is 29.8 Å². The van der Waals surface area contributed by atoms with Gasteiger partial charge in [-0.3, -0.25) is 0 Å². The van der Waals surface area contributed by atoms with Gasteiger partial charge in [-0.2, -0.15) is 5.26 Å². The van der Waals surface area contributed by atoms with Crippen LogP contribution in [0.1, 0.15) is 25.8 Å². The molecule has 1 heterocycles. The van der Waals surface area contributed by atoms with Gasteiger partial charge < -0.3 is 10.6 Å². The predicted octanol–water partition coefficient (Wildman–Crippen LogP) is 2.11. The van der Waals surface area contributed by atoms with E-state index in [4.69, 9.17) is 5.26 Å². The van der Waals surface area contributed by atoms with E-state index >= 15 is 0 Å². The Kier molecular flexibility index (Phi) is 2.84. The third kappa shape index (κ3) is 2.53. The minimum Gasteiger partial charge on any atom is -0.381 e. The van der Waals surface area contributed by atoms with Crippen molar-refractivity contribution >= 4 is 5.69 Å². The third-order valence-corrected chi connectivity index (χ3v) is 2.95. The van der Waals surface area contributed by atoms with Crippen molar-refractivity contribution in [1.29, 1.82) is 5.26 Å². The molecule has 1 aliphatic rings. The van der Waals surface area contributed by atoms with E-state index in [1.54, 1.807) is 0 Å². The van der Waals surface area contributed by atoms with Gasteiger partial charge in [0.1, 0.15) is 0 Å². The van der Waals surface area contributed by atoms with Gasteiger partial charge in [0, 0.05) is 23.8 Å². The van der Waals surface area contributed by atoms with Crippen molar-refractivity contribution in [3.63, 3.8) is 0 Å². The molecule has 1 aromatic carbocycles. The molecule has 0 saturated carbocycles. The number of benzene rings is 1. The highest BCUT2D eigenvalue weighted by Crippen LogP contribution is 2.21. The lowest BCUT2D eigenvalue weighted by molar-refractivity contribution is 0.457. The van der Waals surface area contributed by atoms with Crippen LogP contribution < -0.4 is 10.6 Å². The van der Waals surface area contributed by atoms with Crippen molar-refractivity contribution in [2.45, 2.75) is 31.8 Å². The Morgan fingerprint density at radius 1 is 1.50 bits per heavy atom. The van der Waals surface area contributed by atoms with E-state index in [-0.39, 0.29) is 5.54 Å². The van der Waals surface area contributed by atoms with E-state index < -0.39 is 0 Å². The van der Waals surface area contributed by atoms with Crippen LogP contribution in [-0.2, 0) is 0 Å². The molecular weight excluding hydrogens is 198 g/mol. The van der Waals surface area contributed by atoms with E-state index in [0.717, 1.165) is 18.7 Å². The Morgan fingerprint density at radius 2 is 2.31 bits per heavy atom. The van der Waals surface area contributed by atoms with Gasteiger partial charge in [-0.15, -0.1) is 0 Å². The molecular formula is C13H17N3. The van der Waals surface area contributed by atoms with E-state index in [9.17, 15) is 0 Å². The van der Waals surface area contributed by atoms with Gasteiger partial charge in [0.2, 0.25) is 0 Å². The fourth-order valence-electron chi connectivity index (χ4n) is 2.18. The summed E-state index contributed by atoms with van der Waals surface area (Å²) in [6.45, 7) is 5.39. The number of hydrogen-bond acceptors (Lipinski definition) is 3. The molecule has 84 valence electrons. The van der Waals surface area contributed by atoms with E-state index in [0.29, 0.717) is 11.6 Å². The highest BCUT2D eigenvalue weighted by molar-refractivity contribution is 5.50. The fourth-order valence-corrected chi connectivity index (χ4v) is 2.18. The number of nitrogens with one attached hydrogen (secondary N) is 2. The first-order chi connectivity index (χ1) is 7.59. The zero-order valence-corrected chi connectivity index (χ0v) is 9.75. The maximum atomic E-state index is 8.82. The Bertz CT molecular complexity index is 417. The number of anilines is 1. The number of rotatable bonds is 2. The molecule has 0 bridgehead atoms. The Balaban J connectivity index is 2.02. The molecule has 3 heteroatoms. The Labute approximate surface area is 96.5 Å². The Hall–Kier alpha value is -1.53. The fraction of sp³-hybridized carbons (Fsp3) is 0.462. The normalized spacial score (nSPS) is 22.7. The van der Waals surface area contributed by atoms with Crippen LogP contribution in [0.5, 0.6) is 0 Å². The molecule has 3 nitrogen and oxygen atoms in total. The number of nitriles is 1. The van der Waals surface area contributed by atoms with Crippen LogP contribution in [0.4, 0.5) is 5.69 Å². The molecule has 1 saturated heterocycles. The molecule has 1 atom stereocenters. The van der Waals surface area contributed by atoms with Crippen molar-refractivity contribution < 1.29 is 0 Å². The van der Waals surface area contributed by atoms with E-state index in [1.807, 2.05) is 24.3 Å². The van der Waals surface area contributed by atoms with E-state index in [1.165, 1.54) is 0 Å². The number of nitrogens with zero attached hydrogens (tertiary/aromatic N) is 1. The molecule has 0 spiro atoms. The van der Waals surface area contributed by atoms with Crippen LogP contribution in [0, 0.1) is 11.3 Å². The van der Waals surface area contributed by atoms with Crippen molar-refractivity contribution in [1.82, 2.24) is 5.32 Å². The topological polar surface area (TPSA) is 47.9 Å². The van der Waals surface area contributed by atoms with E-state index in [2.05, 4.69) is 30.6 Å². The third-order valence-electron chi connectivity index (χ3n) is 2.95. The van der Waals surface area contributed by atoms with Crippen molar-refractivity contribution in [2.75, 3.05) is 11.9 Å². The van der Waals surface area contributed by atoms with Crippen molar-refractivity contribution in [2.24, 2.45) is 0 Å². The predicted molar refractivity (Wildman–Crippen MR) is 65.3 cm³/mol. The minimum absolute atomic E-state index is 0.213. The Morgan fingerprint density at radius 3 is 2.94 bits per heavy atom. The molecule has 0 radical (unpaired) electrons. The molecule has 0 aromatic heterocycles. The zero-order valence-electron chi connectivity index (χ0n) is 9.75.